The van der Waals surface area contributed by atoms with E-state index < -0.39 is 0 Å². The zero-order valence-electron chi connectivity index (χ0n) is 11.5. The Morgan fingerprint density at radius 2 is 1.89 bits per heavy atom. The first-order valence-corrected chi connectivity index (χ1v) is 7.45. The fraction of sp³-hybridized carbons (Fsp3) is 0.600. The minimum atomic E-state index is 0.216. The summed E-state index contributed by atoms with van der Waals surface area (Å²) in [5, 5.41) is 0.388. The Balaban J connectivity index is 2.02. The van der Waals surface area contributed by atoms with Crippen molar-refractivity contribution in [1.82, 2.24) is 0 Å². The number of thioether (sulfide) groups is 1. The second-order valence-electron chi connectivity index (χ2n) is 5.96. The largest absolute Gasteiger partial charge is 0.380 e. The standard InChI is InChI=1S/C15H23NOS/c1-15(2,3)11-4-6-12(7-5-11)18-14-10-17-9-8-13(14)16/h4-7,13-14H,8-10,16H2,1-3H3. The lowest BCUT2D eigenvalue weighted by Gasteiger charge is -2.28. The van der Waals surface area contributed by atoms with Gasteiger partial charge in [0.15, 0.2) is 0 Å². The number of benzene rings is 1. The highest BCUT2D eigenvalue weighted by Gasteiger charge is 2.23. The van der Waals surface area contributed by atoms with Gasteiger partial charge in [0.1, 0.15) is 0 Å². The summed E-state index contributed by atoms with van der Waals surface area (Å²) >= 11 is 1.84. The highest BCUT2D eigenvalue weighted by Crippen LogP contribution is 2.30. The van der Waals surface area contributed by atoms with Gasteiger partial charge in [0.05, 0.1) is 6.61 Å². The number of rotatable bonds is 2. The third-order valence-electron chi connectivity index (χ3n) is 3.36. The molecule has 1 aromatic rings. The lowest BCUT2D eigenvalue weighted by molar-refractivity contribution is 0.0916. The quantitative estimate of drug-likeness (QED) is 0.892. The van der Waals surface area contributed by atoms with Crippen LogP contribution in [0.2, 0.25) is 0 Å². The Bertz CT molecular complexity index is 382. The predicted molar refractivity (Wildman–Crippen MR) is 78.2 cm³/mol. The van der Waals surface area contributed by atoms with Crippen LogP contribution in [0.4, 0.5) is 0 Å². The number of ether oxygens (including phenoxy) is 1. The first-order valence-electron chi connectivity index (χ1n) is 6.57. The lowest BCUT2D eigenvalue weighted by atomic mass is 9.87. The van der Waals surface area contributed by atoms with E-state index in [9.17, 15) is 0 Å². The van der Waals surface area contributed by atoms with E-state index in [1.807, 2.05) is 11.8 Å². The maximum atomic E-state index is 6.13. The van der Waals surface area contributed by atoms with Gasteiger partial charge >= 0.3 is 0 Å². The minimum absolute atomic E-state index is 0.216. The van der Waals surface area contributed by atoms with Gasteiger partial charge in [-0.1, -0.05) is 32.9 Å². The summed E-state index contributed by atoms with van der Waals surface area (Å²) in [6.45, 7) is 8.29. The van der Waals surface area contributed by atoms with Gasteiger partial charge in [-0.15, -0.1) is 11.8 Å². The molecule has 1 heterocycles. The summed E-state index contributed by atoms with van der Waals surface area (Å²) in [5.41, 5.74) is 7.71. The van der Waals surface area contributed by atoms with E-state index >= 15 is 0 Å². The highest BCUT2D eigenvalue weighted by molar-refractivity contribution is 8.00. The fourth-order valence-corrected chi connectivity index (χ4v) is 3.18. The van der Waals surface area contributed by atoms with Gasteiger partial charge in [-0.2, -0.15) is 0 Å². The SMILES string of the molecule is CC(C)(C)c1ccc(SC2COCCC2N)cc1. The molecule has 0 radical (unpaired) electrons. The molecule has 18 heavy (non-hydrogen) atoms. The maximum Gasteiger partial charge on any atom is 0.0603 e. The van der Waals surface area contributed by atoms with Crippen molar-refractivity contribution in [2.45, 2.75) is 48.8 Å². The van der Waals surface area contributed by atoms with Gasteiger partial charge in [0.25, 0.3) is 0 Å². The summed E-state index contributed by atoms with van der Waals surface area (Å²) in [5.74, 6) is 0. The molecule has 1 aliphatic heterocycles. The Labute approximate surface area is 114 Å². The van der Waals surface area contributed by atoms with E-state index in [1.165, 1.54) is 10.5 Å². The average Bonchev–Trinajstić information content (AvgIpc) is 2.32. The van der Waals surface area contributed by atoms with Gasteiger partial charge in [0, 0.05) is 22.8 Å². The Morgan fingerprint density at radius 3 is 2.44 bits per heavy atom. The smallest absolute Gasteiger partial charge is 0.0603 e. The Hall–Kier alpha value is -0.510. The summed E-state index contributed by atoms with van der Waals surface area (Å²) in [7, 11) is 0. The molecule has 2 rings (SSSR count). The lowest BCUT2D eigenvalue weighted by Crippen LogP contribution is -2.40. The first kappa shape index (κ1) is 13.9. The average molecular weight is 265 g/mol. The zero-order chi connectivity index (χ0) is 13.2. The Morgan fingerprint density at radius 1 is 1.22 bits per heavy atom. The van der Waals surface area contributed by atoms with E-state index in [4.69, 9.17) is 10.5 Å². The van der Waals surface area contributed by atoms with Crippen LogP contribution in [0.3, 0.4) is 0 Å². The molecule has 2 N–H and O–H groups in total. The van der Waals surface area contributed by atoms with Crippen LogP contribution < -0.4 is 5.73 Å². The summed E-state index contributed by atoms with van der Waals surface area (Å²) < 4.78 is 5.50. The number of hydrogen-bond donors (Lipinski definition) is 1. The van der Waals surface area contributed by atoms with Crippen LogP contribution in [0, 0.1) is 0 Å². The second-order valence-corrected chi connectivity index (χ2v) is 7.27. The van der Waals surface area contributed by atoms with Crippen LogP contribution in [-0.2, 0) is 10.2 Å². The summed E-state index contributed by atoms with van der Waals surface area (Å²) in [6.07, 6.45) is 0.970. The molecule has 0 spiro atoms. The molecule has 1 fully saturated rings. The van der Waals surface area contributed by atoms with Gasteiger partial charge in [-0.3, -0.25) is 0 Å². The van der Waals surface area contributed by atoms with E-state index in [0.717, 1.165) is 19.6 Å². The van der Waals surface area contributed by atoms with E-state index in [1.54, 1.807) is 0 Å². The molecule has 2 unspecified atom stereocenters. The van der Waals surface area contributed by atoms with Gasteiger partial charge in [0.2, 0.25) is 0 Å². The molecule has 0 aromatic heterocycles. The topological polar surface area (TPSA) is 35.2 Å². The molecule has 0 aliphatic carbocycles. The van der Waals surface area contributed by atoms with Crippen LogP contribution in [0.15, 0.2) is 29.2 Å². The van der Waals surface area contributed by atoms with Crippen LogP contribution in [-0.4, -0.2) is 24.5 Å². The Kier molecular flexibility index (Phi) is 4.36. The molecule has 1 saturated heterocycles. The minimum Gasteiger partial charge on any atom is -0.380 e. The molecule has 2 nitrogen and oxygen atoms in total. The monoisotopic (exact) mass is 265 g/mol. The van der Waals surface area contributed by atoms with Gasteiger partial charge in [-0.25, -0.2) is 0 Å². The van der Waals surface area contributed by atoms with Crippen molar-refractivity contribution in [3.05, 3.63) is 29.8 Å². The predicted octanol–water partition coefficient (Wildman–Crippen LogP) is 3.19. The van der Waals surface area contributed by atoms with Crippen molar-refractivity contribution < 1.29 is 4.74 Å². The van der Waals surface area contributed by atoms with Crippen LogP contribution >= 0.6 is 11.8 Å². The van der Waals surface area contributed by atoms with Crippen LogP contribution in [0.1, 0.15) is 32.8 Å². The van der Waals surface area contributed by atoms with E-state index in [0.29, 0.717) is 5.25 Å². The molecule has 3 heteroatoms. The van der Waals surface area contributed by atoms with Gasteiger partial charge < -0.3 is 10.5 Å². The van der Waals surface area contributed by atoms with Crippen molar-refractivity contribution in [3.8, 4) is 0 Å². The van der Waals surface area contributed by atoms with E-state index in [2.05, 4.69) is 45.0 Å². The molecule has 0 bridgehead atoms. The molecular weight excluding hydrogens is 242 g/mol. The molecule has 0 amide bonds. The van der Waals surface area contributed by atoms with Crippen molar-refractivity contribution in [3.63, 3.8) is 0 Å². The molecule has 1 aromatic carbocycles. The van der Waals surface area contributed by atoms with Gasteiger partial charge in [-0.05, 0) is 29.5 Å². The third kappa shape index (κ3) is 3.50. The molecule has 2 atom stereocenters. The molecule has 100 valence electrons. The van der Waals surface area contributed by atoms with E-state index in [-0.39, 0.29) is 11.5 Å². The van der Waals surface area contributed by atoms with Crippen molar-refractivity contribution >= 4 is 11.8 Å². The molecule has 0 saturated carbocycles. The first-order chi connectivity index (χ1) is 8.47. The van der Waals surface area contributed by atoms with Crippen LogP contribution in [0.25, 0.3) is 0 Å². The third-order valence-corrected chi connectivity index (χ3v) is 4.70. The fourth-order valence-electron chi connectivity index (χ4n) is 2.06. The maximum absolute atomic E-state index is 6.13. The zero-order valence-corrected chi connectivity index (χ0v) is 12.3. The van der Waals surface area contributed by atoms with Crippen molar-refractivity contribution in [2.75, 3.05) is 13.2 Å². The normalized spacial score (nSPS) is 25.1. The summed E-state index contributed by atoms with van der Waals surface area (Å²) in [6, 6.07) is 9.10. The second kappa shape index (κ2) is 5.64. The highest BCUT2D eigenvalue weighted by atomic mass is 32.2. The summed E-state index contributed by atoms with van der Waals surface area (Å²) in [4.78, 5) is 1.29. The molecular formula is C15H23NOS. The van der Waals surface area contributed by atoms with Crippen LogP contribution in [0.5, 0.6) is 0 Å². The number of nitrogens with two attached hydrogens (primary N) is 1. The molecule has 1 aliphatic rings. The van der Waals surface area contributed by atoms with Crippen molar-refractivity contribution in [1.29, 1.82) is 0 Å². The van der Waals surface area contributed by atoms with Crippen molar-refractivity contribution in [2.24, 2.45) is 5.73 Å². The number of hydrogen-bond acceptors (Lipinski definition) is 3.